The van der Waals surface area contributed by atoms with Gasteiger partial charge in [-0.15, -0.1) is 0 Å². The summed E-state index contributed by atoms with van der Waals surface area (Å²) in [6, 6.07) is 9.40. The first kappa shape index (κ1) is 13.9. The van der Waals surface area contributed by atoms with Crippen molar-refractivity contribution in [2.45, 2.75) is 32.2 Å². The number of fused-ring (bicyclic) bond motifs is 1. The molecule has 1 N–H and O–H groups in total. The summed E-state index contributed by atoms with van der Waals surface area (Å²) in [6.45, 7) is 7.64. The van der Waals surface area contributed by atoms with Gasteiger partial charge in [0.05, 0.1) is 6.61 Å². The normalized spacial score (nSPS) is 23.1. The molecule has 2 aliphatic rings. The van der Waals surface area contributed by atoms with Crippen molar-refractivity contribution in [2.75, 3.05) is 37.7 Å². The lowest BCUT2D eigenvalue weighted by Crippen LogP contribution is -2.36. The molecule has 0 amide bonds. The lowest BCUT2D eigenvalue weighted by molar-refractivity contribution is 0.178. The summed E-state index contributed by atoms with van der Waals surface area (Å²) < 4.78 is 5.46. The molecule has 3 nitrogen and oxygen atoms in total. The first-order valence-electron chi connectivity index (χ1n) is 7.98. The van der Waals surface area contributed by atoms with Crippen LogP contribution >= 0.6 is 0 Å². The molecular formula is C17H26N2O. The zero-order chi connectivity index (χ0) is 13.8. The smallest absolute Gasteiger partial charge is 0.0509 e. The second-order valence-electron chi connectivity index (χ2n) is 6.09. The van der Waals surface area contributed by atoms with E-state index in [4.69, 9.17) is 4.74 Å². The van der Waals surface area contributed by atoms with E-state index in [0.29, 0.717) is 12.0 Å². The number of ether oxygens (including phenoxy) is 1. The highest BCUT2D eigenvalue weighted by atomic mass is 16.5. The molecule has 1 aromatic carbocycles. The maximum atomic E-state index is 5.46. The van der Waals surface area contributed by atoms with Crippen LogP contribution in [-0.2, 0) is 11.2 Å². The summed E-state index contributed by atoms with van der Waals surface area (Å²) in [7, 11) is 0. The summed E-state index contributed by atoms with van der Waals surface area (Å²) in [5.41, 5.74) is 2.96. The van der Waals surface area contributed by atoms with Crippen molar-refractivity contribution in [2.24, 2.45) is 5.92 Å². The van der Waals surface area contributed by atoms with E-state index >= 15 is 0 Å². The fraction of sp³-hybridized carbons (Fsp3) is 0.647. The van der Waals surface area contributed by atoms with Crippen molar-refractivity contribution < 1.29 is 4.74 Å². The van der Waals surface area contributed by atoms with Crippen molar-refractivity contribution in [3.63, 3.8) is 0 Å². The molecule has 1 saturated heterocycles. The molecule has 3 rings (SSSR count). The zero-order valence-electron chi connectivity index (χ0n) is 12.5. The molecular weight excluding hydrogens is 248 g/mol. The minimum Gasteiger partial charge on any atom is -0.381 e. The minimum absolute atomic E-state index is 0.586. The number of nitrogens with one attached hydrogen (secondary N) is 1. The number of anilines is 1. The summed E-state index contributed by atoms with van der Waals surface area (Å²) in [5.74, 6) is 0.711. The van der Waals surface area contributed by atoms with Crippen LogP contribution in [0.25, 0.3) is 0 Å². The van der Waals surface area contributed by atoms with Gasteiger partial charge in [-0.1, -0.05) is 18.2 Å². The SMILES string of the molecule is CC(NCCCN1CCc2ccccc21)C1CCOC1. The lowest BCUT2D eigenvalue weighted by Gasteiger charge is -2.22. The molecule has 20 heavy (non-hydrogen) atoms. The van der Waals surface area contributed by atoms with Crippen LogP contribution < -0.4 is 10.2 Å². The van der Waals surface area contributed by atoms with Crippen molar-refractivity contribution in [1.29, 1.82) is 0 Å². The summed E-state index contributed by atoms with van der Waals surface area (Å²) in [5, 5.41) is 3.67. The molecule has 3 heteroatoms. The third kappa shape index (κ3) is 3.15. The Hall–Kier alpha value is -1.06. The molecule has 0 bridgehead atoms. The topological polar surface area (TPSA) is 24.5 Å². The number of hydrogen-bond acceptors (Lipinski definition) is 3. The van der Waals surface area contributed by atoms with Gasteiger partial charge in [0.1, 0.15) is 0 Å². The molecule has 0 spiro atoms. The fourth-order valence-electron chi connectivity index (χ4n) is 3.35. The van der Waals surface area contributed by atoms with Crippen LogP contribution in [0.5, 0.6) is 0 Å². The largest absolute Gasteiger partial charge is 0.381 e. The molecule has 1 fully saturated rings. The van der Waals surface area contributed by atoms with E-state index in [0.717, 1.165) is 26.3 Å². The van der Waals surface area contributed by atoms with Crippen LogP contribution in [-0.4, -0.2) is 38.9 Å². The maximum Gasteiger partial charge on any atom is 0.0509 e. The Kier molecular flexibility index (Phi) is 4.58. The van der Waals surface area contributed by atoms with Crippen LogP contribution in [0.15, 0.2) is 24.3 Å². The van der Waals surface area contributed by atoms with E-state index in [2.05, 4.69) is 41.4 Å². The van der Waals surface area contributed by atoms with Gasteiger partial charge in [0.2, 0.25) is 0 Å². The van der Waals surface area contributed by atoms with Gasteiger partial charge in [0.15, 0.2) is 0 Å². The van der Waals surface area contributed by atoms with Gasteiger partial charge in [0.25, 0.3) is 0 Å². The van der Waals surface area contributed by atoms with E-state index in [9.17, 15) is 0 Å². The molecule has 2 heterocycles. The number of benzene rings is 1. The fourth-order valence-corrected chi connectivity index (χ4v) is 3.35. The van der Waals surface area contributed by atoms with Crippen LogP contribution in [0.4, 0.5) is 5.69 Å². The minimum atomic E-state index is 0.586. The molecule has 0 aliphatic carbocycles. The average molecular weight is 274 g/mol. The molecule has 2 aliphatic heterocycles. The standard InChI is InChI=1S/C17H26N2O/c1-14(16-8-12-20-13-16)18-9-4-10-19-11-7-15-5-2-3-6-17(15)19/h2-3,5-6,14,16,18H,4,7-13H2,1H3. The summed E-state index contributed by atoms with van der Waals surface area (Å²) in [6.07, 6.45) is 3.64. The van der Waals surface area contributed by atoms with Gasteiger partial charge in [-0.3, -0.25) is 0 Å². The average Bonchev–Trinajstić information content (AvgIpc) is 3.13. The van der Waals surface area contributed by atoms with Gasteiger partial charge in [-0.05, 0) is 50.3 Å². The second kappa shape index (κ2) is 6.59. The zero-order valence-corrected chi connectivity index (χ0v) is 12.5. The van der Waals surface area contributed by atoms with Gasteiger partial charge < -0.3 is 15.0 Å². The Labute approximate surface area is 122 Å². The Morgan fingerprint density at radius 1 is 1.40 bits per heavy atom. The number of nitrogens with zero attached hydrogens (tertiary/aromatic N) is 1. The van der Waals surface area contributed by atoms with Crippen LogP contribution in [0.1, 0.15) is 25.3 Å². The molecule has 0 aromatic heterocycles. The lowest BCUT2D eigenvalue weighted by atomic mass is 10.0. The Balaban J connectivity index is 1.38. The summed E-state index contributed by atoms with van der Waals surface area (Å²) >= 11 is 0. The van der Waals surface area contributed by atoms with Crippen LogP contribution in [0.2, 0.25) is 0 Å². The van der Waals surface area contributed by atoms with E-state index in [1.807, 2.05) is 0 Å². The Morgan fingerprint density at radius 3 is 3.15 bits per heavy atom. The van der Waals surface area contributed by atoms with E-state index in [-0.39, 0.29) is 0 Å². The predicted molar refractivity (Wildman–Crippen MR) is 83.4 cm³/mol. The van der Waals surface area contributed by atoms with Crippen LogP contribution in [0.3, 0.4) is 0 Å². The van der Waals surface area contributed by atoms with Gasteiger partial charge >= 0.3 is 0 Å². The number of para-hydroxylation sites is 1. The third-order valence-corrected chi connectivity index (χ3v) is 4.73. The molecule has 0 saturated carbocycles. The second-order valence-corrected chi connectivity index (χ2v) is 6.09. The molecule has 110 valence electrons. The number of rotatable bonds is 6. The van der Waals surface area contributed by atoms with Crippen molar-refractivity contribution in [3.8, 4) is 0 Å². The van der Waals surface area contributed by atoms with Gasteiger partial charge in [0, 0.05) is 31.4 Å². The monoisotopic (exact) mass is 274 g/mol. The first-order valence-corrected chi connectivity index (χ1v) is 7.98. The van der Waals surface area contributed by atoms with Crippen molar-refractivity contribution >= 4 is 5.69 Å². The molecule has 2 unspecified atom stereocenters. The summed E-state index contributed by atoms with van der Waals surface area (Å²) in [4.78, 5) is 2.53. The highest BCUT2D eigenvalue weighted by Crippen LogP contribution is 2.27. The molecule has 1 aromatic rings. The Bertz CT molecular complexity index is 429. The van der Waals surface area contributed by atoms with Crippen LogP contribution in [0, 0.1) is 5.92 Å². The highest BCUT2D eigenvalue weighted by Gasteiger charge is 2.22. The highest BCUT2D eigenvalue weighted by molar-refractivity contribution is 5.57. The van der Waals surface area contributed by atoms with E-state index in [1.165, 1.54) is 37.1 Å². The Morgan fingerprint density at radius 2 is 2.30 bits per heavy atom. The molecule has 2 atom stereocenters. The first-order chi connectivity index (χ1) is 9.84. The molecule has 0 radical (unpaired) electrons. The van der Waals surface area contributed by atoms with Gasteiger partial charge in [-0.2, -0.15) is 0 Å². The van der Waals surface area contributed by atoms with Gasteiger partial charge in [-0.25, -0.2) is 0 Å². The quantitative estimate of drug-likeness (QED) is 0.807. The number of hydrogen-bond donors (Lipinski definition) is 1. The van der Waals surface area contributed by atoms with Crippen molar-refractivity contribution in [3.05, 3.63) is 29.8 Å². The van der Waals surface area contributed by atoms with E-state index < -0.39 is 0 Å². The third-order valence-electron chi connectivity index (χ3n) is 4.73. The van der Waals surface area contributed by atoms with Crippen molar-refractivity contribution in [1.82, 2.24) is 5.32 Å². The predicted octanol–water partition coefficient (Wildman–Crippen LogP) is 2.45. The van der Waals surface area contributed by atoms with E-state index in [1.54, 1.807) is 0 Å². The maximum absolute atomic E-state index is 5.46.